The minimum Gasteiger partial charge on any atom is -0.381 e. The molecule has 0 aliphatic carbocycles. The Morgan fingerprint density at radius 1 is 1.08 bits per heavy atom. The number of halogens is 1. The van der Waals surface area contributed by atoms with E-state index in [0.29, 0.717) is 6.04 Å². The van der Waals surface area contributed by atoms with Crippen molar-refractivity contribution in [2.24, 2.45) is 7.05 Å². The van der Waals surface area contributed by atoms with Gasteiger partial charge in [-0.05, 0) is 36.6 Å². The summed E-state index contributed by atoms with van der Waals surface area (Å²) in [5.74, 6) is 0. The first-order chi connectivity index (χ1) is 12.1. The molecule has 1 aliphatic heterocycles. The van der Waals surface area contributed by atoms with Crippen LogP contribution in [0.4, 0.5) is 5.69 Å². The van der Waals surface area contributed by atoms with Crippen molar-refractivity contribution in [1.82, 2.24) is 4.57 Å². The second kappa shape index (κ2) is 6.74. The number of aryl methyl sites for hydroxylation is 1. The molecule has 0 unspecified atom stereocenters. The highest BCUT2D eigenvalue weighted by atomic mass is 35.5. The molecule has 1 aliphatic rings. The number of rotatable bonds is 3. The zero-order chi connectivity index (χ0) is 17.4. The third-order valence-corrected chi connectivity index (χ3v) is 5.48. The molecule has 2 heterocycles. The van der Waals surface area contributed by atoms with Crippen LogP contribution in [0.1, 0.15) is 12.8 Å². The summed E-state index contributed by atoms with van der Waals surface area (Å²) >= 11 is 6.45. The van der Waals surface area contributed by atoms with Crippen LogP contribution < -0.4 is 4.90 Å². The molecule has 0 spiro atoms. The normalized spacial score (nSPS) is 15.6. The molecule has 0 amide bonds. The van der Waals surface area contributed by atoms with Crippen molar-refractivity contribution in [3.63, 3.8) is 0 Å². The third kappa shape index (κ3) is 3.03. The summed E-state index contributed by atoms with van der Waals surface area (Å²) in [4.78, 5) is 2.38. The Hall–Kier alpha value is -1.97. The van der Waals surface area contributed by atoms with Gasteiger partial charge >= 0.3 is 0 Å². The summed E-state index contributed by atoms with van der Waals surface area (Å²) < 4.78 is 7.81. The zero-order valence-electron chi connectivity index (χ0n) is 14.7. The number of nitrogens with zero attached hydrogens (tertiary/aromatic N) is 2. The van der Waals surface area contributed by atoms with Gasteiger partial charge in [-0.1, -0.05) is 41.9 Å². The molecule has 2 aromatic carbocycles. The summed E-state index contributed by atoms with van der Waals surface area (Å²) in [6, 6.07) is 17.4. The van der Waals surface area contributed by atoms with Crippen LogP contribution in [0.15, 0.2) is 48.5 Å². The van der Waals surface area contributed by atoms with Gasteiger partial charge in [-0.15, -0.1) is 0 Å². The number of anilines is 1. The van der Waals surface area contributed by atoms with E-state index in [1.165, 1.54) is 27.8 Å². The van der Waals surface area contributed by atoms with Gasteiger partial charge in [0.1, 0.15) is 0 Å². The fraction of sp³-hybridized carbons (Fsp3) is 0.333. The fourth-order valence-electron chi connectivity index (χ4n) is 3.87. The Kier molecular flexibility index (Phi) is 4.45. The standard InChI is InChI=1S/C21H23ClN2O/c1-23(18-8-10-25-11-9-18)20-14-17(22)12-16-13-19(24(2)21(16)20)15-6-4-3-5-7-15/h3-7,12-14,18H,8-11H2,1-2H3. The second-order valence-corrected chi connectivity index (χ2v) is 7.21. The summed E-state index contributed by atoms with van der Waals surface area (Å²) in [5.41, 5.74) is 4.85. The molecule has 3 nitrogen and oxygen atoms in total. The number of hydrogen-bond donors (Lipinski definition) is 0. The second-order valence-electron chi connectivity index (χ2n) is 6.77. The molecule has 1 saturated heterocycles. The lowest BCUT2D eigenvalue weighted by molar-refractivity contribution is 0.0855. The maximum Gasteiger partial charge on any atom is 0.0721 e. The first-order valence-electron chi connectivity index (χ1n) is 8.80. The number of aromatic nitrogens is 1. The van der Waals surface area contributed by atoms with Gasteiger partial charge in [0, 0.05) is 49.5 Å². The Bertz CT molecular complexity index is 882. The fourth-order valence-corrected chi connectivity index (χ4v) is 4.09. The molecule has 0 radical (unpaired) electrons. The predicted molar refractivity (Wildman–Crippen MR) is 106 cm³/mol. The molecular weight excluding hydrogens is 332 g/mol. The van der Waals surface area contributed by atoms with Crippen molar-refractivity contribution in [2.45, 2.75) is 18.9 Å². The van der Waals surface area contributed by atoms with Crippen LogP contribution in [0.25, 0.3) is 22.2 Å². The third-order valence-electron chi connectivity index (χ3n) is 5.26. The van der Waals surface area contributed by atoms with E-state index in [4.69, 9.17) is 16.3 Å². The van der Waals surface area contributed by atoms with Gasteiger partial charge in [-0.25, -0.2) is 0 Å². The van der Waals surface area contributed by atoms with Gasteiger partial charge in [0.05, 0.1) is 11.2 Å². The molecule has 0 atom stereocenters. The number of ether oxygens (including phenoxy) is 1. The molecular formula is C21H23ClN2O. The smallest absolute Gasteiger partial charge is 0.0721 e. The van der Waals surface area contributed by atoms with Gasteiger partial charge in [0.25, 0.3) is 0 Å². The maximum atomic E-state index is 6.45. The molecule has 0 saturated carbocycles. The molecule has 1 fully saturated rings. The molecule has 0 bridgehead atoms. The molecule has 4 rings (SSSR count). The van der Waals surface area contributed by atoms with E-state index in [-0.39, 0.29) is 0 Å². The van der Waals surface area contributed by atoms with Crippen LogP contribution in [0.2, 0.25) is 5.02 Å². The van der Waals surface area contributed by atoms with Gasteiger partial charge in [-0.2, -0.15) is 0 Å². The number of hydrogen-bond acceptors (Lipinski definition) is 2. The minimum atomic E-state index is 0.491. The highest BCUT2D eigenvalue weighted by Crippen LogP contribution is 2.37. The molecule has 1 aromatic heterocycles. The molecule has 4 heteroatoms. The van der Waals surface area contributed by atoms with E-state index in [2.05, 4.69) is 66.0 Å². The Morgan fingerprint density at radius 2 is 1.80 bits per heavy atom. The van der Waals surface area contributed by atoms with Crippen LogP contribution in [-0.4, -0.2) is 30.9 Å². The van der Waals surface area contributed by atoms with Crippen LogP contribution in [0.5, 0.6) is 0 Å². The number of benzene rings is 2. The van der Waals surface area contributed by atoms with Crippen molar-refractivity contribution in [3.8, 4) is 11.3 Å². The van der Waals surface area contributed by atoms with Crippen LogP contribution >= 0.6 is 11.6 Å². The Labute approximate surface area is 153 Å². The molecule has 0 N–H and O–H groups in total. The summed E-state index contributed by atoms with van der Waals surface area (Å²) in [6.07, 6.45) is 2.11. The summed E-state index contributed by atoms with van der Waals surface area (Å²) in [7, 11) is 4.32. The summed E-state index contributed by atoms with van der Waals surface area (Å²) in [6.45, 7) is 1.67. The molecule has 3 aromatic rings. The van der Waals surface area contributed by atoms with E-state index < -0.39 is 0 Å². The van der Waals surface area contributed by atoms with Crippen LogP contribution in [0, 0.1) is 0 Å². The van der Waals surface area contributed by atoms with E-state index in [0.717, 1.165) is 31.1 Å². The topological polar surface area (TPSA) is 17.4 Å². The van der Waals surface area contributed by atoms with Gasteiger partial charge < -0.3 is 14.2 Å². The number of fused-ring (bicyclic) bond motifs is 1. The van der Waals surface area contributed by atoms with Crippen molar-refractivity contribution >= 4 is 28.2 Å². The highest BCUT2D eigenvalue weighted by molar-refractivity contribution is 6.32. The Balaban J connectivity index is 1.85. The van der Waals surface area contributed by atoms with E-state index in [1.807, 2.05) is 6.07 Å². The maximum absolute atomic E-state index is 6.45. The lowest BCUT2D eigenvalue weighted by Crippen LogP contribution is -2.36. The lowest BCUT2D eigenvalue weighted by Gasteiger charge is -2.33. The molecule has 130 valence electrons. The zero-order valence-corrected chi connectivity index (χ0v) is 15.5. The van der Waals surface area contributed by atoms with Crippen molar-refractivity contribution in [3.05, 3.63) is 53.6 Å². The lowest BCUT2D eigenvalue weighted by atomic mass is 10.1. The van der Waals surface area contributed by atoms with E-state index in [9.17, 15) is 0 Å². The van der Waals surface area contributed by atoms with Crippen molar-refractivity contribution in [2.75, 3.05) is 25.2 Å². The van der Waals surface area contributed by atoms with E-state index in [1.54, 1.807) is 0 Å². The first kappa shape index (κ1) is 16.5. The van der Waals surface area contributed by atoms with Crippen molar-refractivity contribution < 1.29 is 4.74 Å². The predicted octanol–water partition coefficient (Wildman–Crippen LogP) is 5.11. The van der Waals surface area contributed by atoms with Crippen LogP contribution in [0.3, 0.4) is 0 Å². The average Bonchev–Trinajstić information content (AvgIpc) is 2.98. The van der Waals surface area contributed by atoms with E-state index >= 15 is 0 Å². The first-order valence-corrected chi connectivity index (χ1v) is 9.18. The quantitative estimate of drug-likeness (QED) is 0.650. The summed E-state index contributed by atoms with van der Waals surface area (Å²) in [5, 5.41) is 1.97. The largest absolute Gasteiger partial charge is 0.381 e. The van der Waals surface area contributed by atoms with Crippen LogP contribution in [-0.2, 0) is 11.8 Å². The van der Waals surface area contributed by atoms with Crippen molar-refractivity contribution in [1.29, 1.82) is 0 Å². The highest BCUT2D eigenvalue weighted by Gasteiger charge is 2.22. The monoisotopic (exact) mass is 354 g/mol. The SMILES string of the molecule is CN(c1cc(Cl)cc2cc(-c3ccccc3)n(C)c12)C1CCOCC1. The average molecular weight is 355 g/mol. The molecule has 25 heavy (non-hydrogen) atoms. The van der Waals surface area contributed by atoms with Gasteiger partial charge in [-0.3, -0.25) is 0 Å². The Morgan fingerprint density at radius 3 is 2.52 bits per heavy atom. The van der Waals surface area contributed by atoms with Gasteiger partial charge in [0.15, 0.2) is 0 Å². The minimum absolute atomic E-state index is 0.491. The van der Waals surface area contributed by atoms with Gasteiger partial charge in [0.2, 0.25) is 0 Å².